The van der Waals surface area contributed by atoms with Gasteiger partial charge in [-0.1, -0.05) is 42.0 Å². The smallest absolute Gasteiger partial charge is 0.413 e. The number of aliphatic imine (C=N–C) groups is 1. The molecule has 1 amide bonds. The number of nitrogens with one attached hydrogen (secondary N) is 2. The number of rotatable bonds is 3. The predicted octanol–water partition coefficient (Wildman–Crippen LogP) is 3.80. The number of amides is 1. The van der Waals surface area contributed by atoms with Crippen LogP contribution in [0.4, 0.5) is 16.2 Å². The SMILES string of the molecule is COC(=O)NC(=S)Nc1ccccc1/N=C/c1ccc(C)cc1. The second kappa shape index (κ2) is 8.05. The molecule has 5 nitrogen and oxygen atoms in total. The van der Waals surface area contributed by atoms with Gasteiger partial charge >= 0.3 is 6.09 Å². The van der Waals surface area contributed by atoms with Crippen LogP contribution in [0.25, 0.3) is 0 Å². The van der Waals surface area contributed by atoms with Gasteiger partial charge in [-0.15, -0.1) is 0 Å². The van der Waals surface area contributed by atoms with E-state index in [1.807, 2.05) is 55.5 Å². The van der Waals surface area contributed by atoms with Crippen LogP contribution in [0.3, 0.4) is 0 Å². The van der Waals surface area contributed by atoms with Gasteiger partial charge in [0.2, 0.25) is 0 Å². The summed E-state index contributed by atoms with van der Waals surface area (Å²) in [7, 11) is 1.28. The summed E-state index contributed by atoms with van der Waals surface area (Å²) in [5.41, 5.74) is 3.60. The molecule has 0 saturated carbocycles. The number of alkyl carbamates (subject to hydrolysis) is 1. The van der Waals surface area contributed by atoms with Crippen LogP contribution in [0.1, 0.15) is 11.1 Å². The number of benzene rings is 2. The predicted molar refractivity (Wildman–Crippen MR) is 96.6 cm³/mol. The molecule has 0 aliphatic carbocycles. The fraction of sp³-hybridized carbons (Fsp3) is 0.118. The molecule has 2 aromatic rings. The van der Waals surface area contributed by atoms with Crippen LogP contribution >= 0.6 is 12.2 Å². The maximum Gasteiger partial charge on any atom is 0.413 e. The summed E-state index contributed by atoms with van der Waals surface area (Å²) in [5.74, 6) is 0. The fourth-order valence-corrected chi connectivity index (χ4v) is 1.98. The van der Waals surface area contributed by atoms with Crippen molar-refractivity contribution in [3.05, 3.63) is 59.7 Å². The van der Waals surface area contributed by atoms with E-state index in [2.05, 4.69) is 20.4 Å². The van der Waals surface area contributed by atoms with Crippen LogP contribution in [0.5, 0.6) is 0 Å². The number of anilines is 1. The molecular formula is C17H17N3O2S. The lowest BCUT2D eigenvalue weighted by molar-refractivity contribution is 0.177. The quantitative estimate of drug-likeness (QED) is 0.665. The van der Waals surface area contributed by atoms with Gasteiger partial charge in [0.15, 0.2) is 5.11 Å². The Hall–Kier alpha value is -2.73. The van der Waals surface area contributed by atoms with Gasteiger partial charge in [-0.2, -0.15) is 0 Å². The van der Waals surface area contributed by atoms with Gasteiger partial charge in [-0.3, -0.25) is 10.3 Å². The minimum Gasteiger partial charge on any atom is -0.453 e. The molecule has 2 N–H and O–H groups in total. The third-order valence-corrected chi connectivity index (χ3v) is 3.19. The lowest BCUT2D eigenvalue weighted by atomic mass is 10.2. The Labute approximate surface area is 140 Å². The van der Waals surface area contributed by atoms with E-state index in [0.29, 0.717) is 11.4 Å². The molecule has 118 valence electrons. The van der Waals surface area contributed by atoms with Crippen LogP contribution in [-0.2, 0) is 4.74 Å². The summed E-state index contributed by atoms with van der Waals surface area (Å²) in [4.78, 5) is 15.6. The lowest BCUT2D eigenvalue weighted by Crippen LogP contribution is -2.33. The number of hydrogen-bond donors (Lipinski definition) is 2. The Morgan fingerprint density at radius 3 is 2.57 bits per heavy atom. The second-order valence-electron chi connectivity index (χ2n) is 4.76. The van der Waals surface area contributed by atoms with Crippen LogP contribution in [-0.4, -0.2) is 24.5 Å². The van der Waals surface area contributed by atoms with Gasteiger partial charge in [-0.25, -0.2) is 4.79 Å². The van der Waals surface area contributed by atoms with E-state index in [1.165, 1.54) is 12.7 Å². The van der Waals surface area contributed by atoms with E-state index in [9.17, 15) is 4.79 Å². The van der Waals surface area contributed by atoms with Crippen molar-refractivity contribution in [2.45, 2.75) is 6.92 Å². The fourth-order valence-electron chi connectivity index (χ4n) is 1.79. The molecule has 0 fully saturated rings. The zero-order valence-corrected chi connectivity index (χ0v) is 13.7. The molecule has 0 saturated heterocycles. The standard InChI is InChI=1S/C17H17N3O2S/c1-12-7-9-13(10-8-12)11-18-14-5-3-4-6-15(14)19-16(23)20-17(21)22-2/h3-11H,1-2H3,(H2,19,20,21,23)/b18-11+. The molecule has 0 radical (unpaired) electrons. The van der Waals surface area contributed by atoms with Crippen LogP contribution in [0.15, 0.2) is 53.5 Å². The molecule has 6 heteroatoms. The maximum absolute atomic E-state index is 11.1. The van der Waals surface area contributed by atoms with Crippen molar-refractivity contribution < 1.29 is 9.53 Å². The van der Waals surface area contributed by atoms with Crippen molar-refractivity contribution in [2.24, 2.45) is 4.99 Å². The number of ether oxygens (including phenoxy) is 1. The highest BCUT2D eigenvalue weighted by Crippen LogP contribution is 2.24. The summed E-state index contributed by atoms with van der Waals surface area (Å²) in [6.07, 6.45) is 1.15. The first kappa shape index (κ1) is 16.6. The molecule has 0 atom stereocenters. The number of carbonyl (C=O) groups excluding carboxylic acids is 1. The lowest BCUT2D eigenvalue weighted by Gasteiger charge is -2.10. The molecular weight excluding hydrogens is 310 g/mol. The minimum atomic E-state index is -0.622. The number of carbonyl (C=O) groups is 1. The Morgan fingerprint density at radius 1 is 1.17 bits per heavy atom. The molecule has 0 spiro atoms. The Balaban J connectivity index is 2.12. The molecule has 0 aliphatic rings. The van der Waals surface area contributed by atoms with E-state index in [0.717, 1.165) is 5.56 Å². The topological polar surface area (TPSA) is 62.7 Å². The van der Waals surface area contributed by atoms with Gasteiger partial charge in [0.25, 0.3) is 0 Å². The third kappa shape index (κ3) is 5.19. The van der Waals surface area contributed by atoms with Crippen molar-refractivity contribution in [3.63, 3.8) is 0 Å². The number of thiocarbonyl (C=S) groups is 1. The Kier molecular flexibility index (Phi) is 5.82. The van der Waals surface area contributed by atoms with E-state index >= 15 is 0 Å². The molecule has 0 bridgehead atoms. The molecule has 0 aliphatic heterocycles. The first-order valence-electron chi connectivity index (χ1n) is 6.94. The molecule has 0 aromatic heterocycles. The summed E-state index contributed by atoms with van der Waals surface area (Å²) >= 11 is 5.06. The first-order chi connectivity index (χ1) is 11.1. The number of aryl methyl sites for hydroxylation is 1. The summed E-state index contributed by atoms with van der Waals surface area (Å²) < 4.78 is 4.50. The summed E-state index contributed by atoms with van der Waals surface area (Å²) in [5, 5.41) is 5.47. The zero-order chi connectivity index (χ0) is 16.7. The van der Waals surface area contributed by atoms with Crippen LogP contribution in [0, 0.1) is 6.92 Å². The van der Waals surface area contributed by atoms with Gasteiger partial charge < -0.3 is 10.1 Å². The summed E-state index contributed by atoms with van der Waals surface area (Å²) in [6.45, 7) is 2.04. The average molecular weight is 327 g/mol. The number of hydrogen-bond acceptors (Lipinski definition) is 4. The monoisotopic (exact) mass is 327 g/mol. The van der Waals surface area contributed by atoms with Crippen molar-refractivity contribution in [1.82, 2.24) is 5.32 Å². The van der Waals surface area contributed by atoms with Gasteiger partial charge in [0, 0.05) is 6.21 Å². The minimum absolute atomic E-state index is 0.148. The zero-order valence-electron chi connectivity index (χ0n) is 12.9. The highest BCUT2D eigenvalue weighted by molar-refractivity contribution is 7.80. The normalized spacial score (nSPS) is 10.3. The molecule has 23 heavy (non-hydrogen) atoms. The van der Waals surface area contributed by atoms with E-state index < -0.39 is 6.09 Å². The van der Waals surface area contributed by atoms with Gasteiger partial charge in [0.1, 0.15) is 0 Å². The van der Waals surface area contributed by atoms with E-state index in [-0.39, 0.29) is 5.11 Å². The van der Waals surface area contributed by atoms with Crippen molar-refractivity contribution in [2.75, 3.05) is 12.4 Å². The number of nitrogens with zero attached hydrogens (tertiary/aromatic N) is 1. The highest BCUT2D eigenvalue weighted by Gasteiger charge is 2.06. The average Bonchev–Trinajstić information content (AvgIpc) is 2.55. The maximum atomic E-state index is 11.1. The molecule has 2 aromatic carbocycles. The van der Waals surface area contributed by atoms with Crippen LogP contribution in [0.2, 0.25) is 0 Å². The first-order valence-corrected chi connectivity index (χ1v) is 7.35. The number of para-hydroxylation sites is 2. The highest BCUT2D eigenvalue weighted by atomic mass is 32.1. The third-order valence-electron chi connectivity index (χ3n) is 2.98. The Morgan fingerprint density at radius 2 is 1.87 bits per heavy atom. The van der Waals surface area contributed by atoms with Crippen LogP contribution < -0.4 is 10.6 Å². The Bertz CT molecular complexity index is 727. The largest absolute Gasteiger partial charge is 0.453 e. The number of methoxy groups -OCH3 is 1. The van der Waals surface area contributed by atoms with Crippen molar-refractivity contribution in [1.29, 1.82) is 0 Å². The van der Waals surface area contributed by atoms with Gasteiger partial charge in [-0.05, 0) is 36.8 Å². The molecule has 0 unspecified atom stereocenters. The van der Waals surface area contributed by atoms with Crippen molar-refractivity contribution >= 4 is 41.0 Å². The molecule has 0 heterocycles. The van der Waals surface area contributed by atoms with E-state index in [1.54, 1.807) is 6.21 Å². The second-order valence-corrected chi connectivity index (χ2v) is 5.16. The molecule has 2 rings (SSSR count). The van der Waals surface area contributed by atoms with Gasteiger partial charge in [0.05, 0.1) is 18.5 Å². The van der Waals surface area contributed by atoms with Crippen molar-refractivity contribution in [3.8, 4) is 0 Å². The van der Waals surface area contributed by atoms with E-state index in [4.69, 9.17) is 12.2 Å². The summed E-state index contributed by atoms with van der Waals surface area (Å²) in [6, 6.07) is 15.5.